The number of hydrogen-bond donors (Lipinski definition) is 1. The fraction of sp³-hybridized carbons (Fsp3) is 0.130. The van der Waals surface area contributed by atoms with Crippen LogP contribution in [0, 0.1) is 6.92 Å². The molecule has 136 valence electrons. The Labute approximate surface area is 159 Å². The van der Waals surface area contributed by atoms with Crippen LogP contribution in [0.3, 0.4) is 0 Å². The van der Waals surface area contributed by atoms with Crippen molar-refractivity contribution >= 4 is 12.0 Å². The molecule has 0 bridgehead atoms. The molecular formula is C23H22N2O2. The number of amides is 1. The Balaban J connectivity index is 1.63. The summed E-state index contributed by atoms with van der Waals surface area (Å²) in [5.41, 5.74) is 3.13. The van der Waals surface area contributed by atoms with Crippen LogP contribution in [0.2, 0.25) is 0 Å². The summed E-state index contributed by atoms with van der Waals surface area (Å²) in [6.45, 7) is 3.96. The first-order chi connectivity index (χ1) is 13.1. The van der Waals surface area contributed by atoms with Crippen molar-refractivity contribution in [3.63, 3.8) is 0 Å². The molecule has 0 spiro atoms. The van der Waals surface area contributed by atoms with Gasteiger partial charge in [-0.05, 0) is 54.8 Å². The molecule has 1 atom stereocenters. The van der Waals surface area contributed by atoms with E-state index in [1.165, 1.54) is 0 Å². The van der Waals surface area contributed by atoms with E-state index in [-0.39, 0.29) is 11.9 Å². The highest BCUT2D eigenvalue weighted by Gasteiger charge is 2.09. The predicted octanol–water partition coefficient (Wildman–Crippen LogP) is 5.07. The largest absolute Gasteiger partial charge is 0.439 e. The second kappa shape index (κ2) is 8.81. The smallest absolute Gasteiger partial charge is 0.244 e. The minimum absolute atomic E-state index is 0.137. The fourth-order valence-corrected chi connectivity index (χ4v) is 2.66. The first-order valence-corrected chi connectivity index (χ1v) is 8.85. The Kier molecular flexibility index (Phi) is 6.00. The molecule has 0 aliphatic rings. The molecule has 4 heteroatoms. The van der Waals surface area contributed by atoms with Crippen LogP contribution in [0.1, 0.15) is 29.7 Å². The summed E-state index contributed by atoms with van der Waals surface area (Å²) < 4.78 is 5.75. The highest BCUT2D eigenvalue weighted by Crippen LogP contribution is 2.23. The van der Waals surface area contributed by atoms with Crippen molar-refractivity contribution in [2.75, 3.05) is 0 Å². The maximum atomic E-state index is 12.2. The first kappa shape index (κ1) is 18.4. The third-order valence-electron chi connectivity index (χ3n) is 4.18. The zero-order valence-electron chi connectivity index (χ0n) is 15.4. The van der Waals surface area contributed by atoms with E-state index in [1.54, 1.807) is 18.3 Å². The van der Waals surface area contributed by atoms with Crippen molar-refractivity contribution in [3.05, 3.63) is 95.7 Å². The number of benzene rings is 2. The SMILES string of the molecule is Cc1ccccc1/C=C/C(=O)N[C@@H](C)c1cccc(Oc2ccccn2)c1. The second-order valence-electron chi connectivity index (χ2n) is 6.26. The number of nitrogens with zero attached hydrogens (tertiary/aromatic N) is 1. The summed E-state index contributed by atoms with van der Waals surface area (Å²) >= 11 is 0. The number of carbonyl (C=O) groups is 1. The number of carbonyl (C=O) groups excluding carboxylic acids is 1. The number of aryl methyl sites for hydroxylation is 1. The number of aromatic nitrogens is 1. The normalized spacial score (nSPS) is 11.9. The fourth-order valence-electron chi connectivity index (χ4n) is 2.66. The summed E-state index contributed by atoms with van der Waals surface area (Å²) in [5.74, 6) is 1.08. The van der Waals surface area contributed by atoms with Crippen LogP contribution in [-0.4, -0.2) is 10.9 Å². The van der Waals surface area contributed by atoms with Gasteiger partial charge >= 0.3 is 0 Å². The van der Waals surface area contributed by atoms with Crippen molar-refractivity contribution in [3.8, 4) is 11.6 Å². The lowest BCUT2D eigenvalue weighted by Crippen LogP contribution is -2.24. The lowest BCUT2D eigenvalue weighted by molar-refractivity contribution is -0.117. The van der Waals surface area contributed by atoms with E-state index < -0.39 is 0 Å². The van der Waals surface area contributed by atoms with Crippen LogP contribution in [0.25, 0.3) is 6.08 Å². The summed E-state index contributed by atoms with van der Waals surface area (Å²) in [4.78, 5) is 16.4. The highest BCUT2D eigenvalue weighted by molar-refractivity contribution is 5.92. The van der Waals surface area contributed by atoms with Gasteiger partial charge in [-0.3, -0.25) is 4.79 Å². The average Bonchev–Trinajstić information content (AvgIpc) is 2.68. The molecular weight excluding hydrogens is 336 g/mol. The molecule has 0 unspecified atom stereocenters. The lowest BCUT2D eigenvalue weighted by Gasteiger charge is -2.14. The predicted molar refractivity (Wildman–Crippen MR) is 108 cm³/mol. The van der Waals surface area contributed by atoms with Gasteiger partial charge in [0.25, 0.3) is 0 Å². The first-order valence-electron chi connectivity index (χ1n) is 8.85. The maximum Gasteiger partial charge on any atom is 0.244 e. The van der Waals surface area contributed by atoms with E-state index in [1.807, 2.05) is 80.6 Å². The van der Waals surface area contributed by atoms with Gasteiger partial charge in [0.2, 0.25) is 11.8 Å². The van der Waals surface area contributed by atoms with Crippen molar-refractivity contribution in [1.82, 2.24) is 10.3 Å². The van der Waals surface area contributed by atoms with Crippen LogP contribution in [0.15, 0.2) is 79.0 Å². The van der Waals surface area contributed by atoms with E-state index in [2.05, 4.69) is 10.3 Å². The van der Waals surface area contributed by atoms with Gasteiger partial charge in [0.05, 0.1) is 6.04 Å². The second-order valence-corrected chi connectivity index (χ2v) is 6.26. The zero-order valence-corrected chi connectivity index (χ0v) is 15.4. The van der Waals surface area contributed by atoms with E-state index in [0.717, 1.165) is 16.7 Å². The summed E-state index contributed by atoms with van der Waals surface area (Å²) in [7, 11) is 0. The van der Waals surface area contributed by atoms with Gasteiger partial charge in [-0.2, -0.15) is 0 Å². The molecule has 27 heavy (non-hydrogen) atoms. The van der Waals surface area contributed by atoms with Gasteiger partial charge in [0, 0.05) is 18.3 Å². The van der Waals surface area contributed by atoms with Crippen molar-refractivity contribution in [2.45, 2.75) is 19.9 Å². The standard InChI is InChI=1S/C23H22N2O2/c1-17-8-3-4-9-19(17)13-14-22(26)25-18(2)20-10-7-11-21(16-20)27-23-12-5-6-15-24-23/h3-16,18H,1-2H3,(H,25,26)/b14-13+/t18-/m0/s1. The van der Waals surface area contributed by atoms with E-state index in [9.17, 15) is 4.79 Å². The molecule has 1 amide bonds. The number of ether oxygens (including phenoxy) is 1. The van der Waals surface area contributed by atoms with Gasteiger partial charge in [0.15, 0.2) is 0 Å². The molecule has 0 radical (unpaired) electrons. The molecule has 4 nitrogen and oxygen atoms in total. The number of rotatable bonds is 6. The van der Waals surface area contributed by atoms with Crippen LogP contribution in [0.4, 0.5) is 0 Å². The van der Waals surface area contributed by atoms with Crippen LogP contribution in [-0.2, 0) is 4.79 Å². The molecule has 0 aliphatic heterocycles. The molecule has 0 saturated heterocycles. The third-order valence-corrected chi connectivity index (χ3v) is 4.18. The summed E-state index contributed by atoms with van der Waals surface area (Å²) in [6.07, 6.45) is 5.08. The highest BCUT2D eigenvalue weighted by atomic mass is 16.5. The van der Waals surface area contributed by atoms with E-state index >= 15 is 0 Å². The minimum atomic E-state index is -0.147. The maximum absolute atomic E-state index is 12.2. The van der Waals surface area contributed by atoms with E-state index in [0.29, 0.717) is 11.6 Å². The number of pyridine rings is 1. The molecule has 1 heterocycles. The van der Waals surface area contributed by atoms with E-state index in [4.69, 9.17) is 4.74 Å². The number of nitrogens with one attached hydrogen (secondary N) is 1. The van der Waals surface area contributed by atoms with Gasteiger partial charge in [-0.1, -0.05) is 42.5 Å². The van der Waals surface area contributed by atoms with Gasteiger partial charge < -0.3 is 10.1 Å². The quantitative estimate of drug-likeness (QED) is 0.626. The topological polar surface area (TPSA) is 51.2 Å². The molecule has 0 fully saturated rings. The molecule has 1 aromatic heterocycles. The molecule has 3 rings (SSSR count). The van der Waals surface area contributed by atoms with Crippen LogP contribution < -0.4 is 10.1 Å². The molecule has 3 aromatic rings. The Bertz CT molecular complexity index is 936. The Morgan fingerprint density at radius 3 is 2.67 bits per heavy atom. The lowest BCUT2D eigenvalue weighted by atomic mass is 10.1. The molecule has 0 saturated carbocycles. The van der Waals surface area contributed by atoms with Gasteiger partial charge in [0.1, 0.15) is 5.75 Å². The molecule has 2 aromatic carbocycles. The average molecular weight is 358 g/mol. The Morgan fingerprint density at radius 2 is 1.89 bits per heavy atom. The third kappa shape index (κ3) is 5.28. The zero-order chi connectivity index (χ0) is 19.1. The van der Waals surface area contributed by atoms with Gasteiger partial charge in [-0.15, -0.1) is 0 Å². The minimum Gasteiger partial charge on any atom is -0.439 e. The monoisotopic (exact) mass is 358 g/mol. The van der Waals surface area contributed by atoms with Crippen LogP contribution in [0.5, 0.6) is 11.6 Å². The number of hydrogen-bond acceptors (Lipinski definition) is 3. The molecule has 1 N–H and O–H groups in total. The Hall–Kier alpha value is -3.40. The van der Waals surface area contributed by atoms with Crippen molar-refractivity contribution in [2.24, 2.45) is 0 Å². The van der Waals surface area contributed by atoms with Crippen LogP contribution >= 0.6 is 0 Å². The van der Waals surface area contributed by atoms with Crippen molar-refractivity contribution < 1.29 is 9.53 Å². The Morgan fingerprint density at radius 1 is 1.07 bits per heavy atom. The van der Waals surface area contributed by atoms with Gasteiger partial charge in [-0.25, -0.2) is 4.98 Å². The molecule has 0 aliphatic carbocycles. The van der Waals surface area contributed by atoms with Crippen molar-refractivity contribution in [1.29, 1.82) is 0 Å². The summed E-state index contributed by atoms with van der Waals surface area (Å²) in [6, 6.07) is 20.9. The summed E-state index contributed by atoms with van der Waals surface area (Å²) in [5, 5.41) is 2.98.